The topological polar surface area (TPSA) is 75.3 Å². The van der Waals surface area contributed by atoms with E-state index >= 15 is 0 Å². The van der Waals surface area contributed by atoms with Gasteiger partial charge in [-0.2, -0.15) is 0 Å². The zero-order valence-electron chi connectivity index (χ0n) is 13.7. The van der Waals surface area contributed by atoms with Crippen LogP contribution in [0.2, 0.25) is 0 Å². The fourth-order valence-electron chi connectivity index (χ4n) is 2.53. The standard InChI is InChI=1S/C19H18N2O3S/c1-2-20-25(23,24)18-11-8-15(9-12-18)19(22)21-17-10-7-14-5-3-4-6-16(14)13-17/h3-13,20H,2H2,1H3,(H,21,22). The van der Waals surface area contributed by atoms with Crippen LogP contribution < -0.4 is 10.0 Å². The summed E-state index contributed by atoms with van der Waals surface area (Å²) in [6.07, 6.45) is 0. The molecule has 0 saturated carbocycles. The number of nitrogens with one attached hydrogen (secondary N) is 2. The number of carbonyl (C=O) groups excluding carboxylic acids is 1. The second kappa shape index (κ2) is 7.04. The summed E-state index contributed by atoms with van der Waals surface area (Å²) in [5.74, 6) is -0.289. The van der Waals surface area contributed by atoms with Crippen LogP contribution in [0.4, 0.5) is 5.69 Å². The van der Waals surface area contributed by atoms with Gasteiger partial charge in [0.05, 0.1) is 4.90 Å². The molecule has 3 rings (SSSR count). The molecule has 0 aliphatic rings. The lowest BCUT2D eigenvalue weighted by molar-refractivity contribution is 0.102. The van der Waals surface area contributed by atoms with Crippen LogP contribution in [0.1, 0.15) is 17.3 Å². The zero-order valence-corrected chi connectivity index (χ0v) is 14.5. The number of sulfonamides is 1. The maximum absolute atomic E-state index is 12.4. The monoisotopic (exact) mass is 354 g/mol. The lowest BCUT2D eigenvalue weighted by Crippen LogP contribution is -2.23. The molecule has 0 aliphatic heterocycles. The molecule has 0 aliphatic carbocycles. The van der Waals surface area contributed by atoms with Crippen LogP contribution in [-0.2, 0) is 10.0 Å². The third kappa shape index (κ3) is 3.87. The molecule has 0 aromatic heterocycles. The fraction of sp³-hybridized carbons (Fsp3) is 0.105. The Hall–Kier alpha value is -2.70. The minimum absolute atomic E-state index is 0.136. The molecule has 0 heterocycles. The molecule has 1 amide bonds. The van der Waals surface area contributed by atoms with Crippen LogP contribution in [0.15, 0.2) is 71.6 Å². The van der Waals surface area contributed by atoms with Gasteiger partial charge in [0.1, 0.15) is 0 Å². The normalized spacial score (nSPS) is 11.4. The van der Waals surface area contributed by atoms with Gasteiger partial charge in [-0.25, -0.2) is 13.1 Å². The molecule has 0 fully saturated rings. The predicted octanol–water partition coefficient (Wildman–Crippen LogP) is 3.39. The molecule has 0 atom stereocenters. The fourth-order valence-corrected chi connectivity index (χ4v) is 3.57. The Bertz CT molecular complexity index is 1010. The van der Waals surface area contributed by atoms with E-state index < -0.39 is 10.0 Å². The minimum Gasteiger partial charge on any atom is -0.322 e. The van der Waals surface area contributed by atoms with Crippen molar-refractivity contribution in [3.05, 3.63) is 72.3 Å². The Kier molecular flexibility index (Phi) is 4.83. The van der Waals surface area contributed by atoms with Crippen molar-refractivity contribution in [2.24, 2.45) is 0 Å². The van der Waals surface area contributed by atoms with Gasteiger partial charge < -0.3 is 5.32 Å². The molecule has 128 valence electrons. The molecule has 5 nitrogen and oxygen atoms in total. The highest BCUT2D eigenvalue weighted by atomic mass is 32.2. The van der Waals surface area contributed by atoms with Gasteiger partial charge in [0, 0.05) is 17.8 Å². The van der Waals surface area contributed by atoms with Crippen LogP contribution >= 0.6 is 0 Å². The molecule has 0 radical (unpaired) electrons. The van der Waals surface area contributed by atoms with Crippen molar-refractivity contribution in [1.82, 2.24) is 4.72 Å². The molecule has 0 saturated heterocycles. The number of benzene rings is 3. The van der Waals surface area contributed by atoms with Crippen molar-refractivity contribution in [1.29, 1.82) is 0 Å². The van der Waals surface area contributed by atoms with Gasteiger partial charge in [-0.05, 0) is 47.2 Å². The van der Waals surface area contributed by atoms with Crippen molar-refractivity contribution in [3.63, 3.8) is 0 Å². The minimum atomic E-state index is -3.52. The average molecular weight is 354 g/mol. The van der Waals surface area contributed by atoms with E-state index in [0.717, 1.165) is 10.8 Å². The number of carbonyl (C=O) groups is 1. The SMILES string of the molecule is CCNS(=O)(=O)c1ccc(C(=O)Nc2ccc3ccccc3c2)cc1. The van der Waals surface area contributed by atoms with E-state index in [1.54, 1.807) is 6.92 Å². The summed E-state index contributed by atoms with van der Waals surface area (Å²) in [5.41, 5.74) is 1.08. The van der Waals surface area contributed by atoms with Crippen LogP contribution in [0.5, 0.6) is 0 Å². The molecule has 3 aromatic carbocycles. The molecule has 0 bridgehead atoms. The summed E-state index contributed by atoms with van der Waals surface area (Å²) in [6, 6.07) is 19.4. The Balaban J connectivity index is 1.78. The summed E-state index contributed by atoms with van der Waals surface area (Å²) < 4.78 is 26.2. The largest absolute Gasteiger partial charge is 0.322 e. The van der Waals surface area contributed by atoms with Crippen LogP contribution in [0, 0.1) is 0 Å². The Morgan fingerprint density at radius 3 is 2.28 bits per heavy atom. The second-order valence-electron chi connectivity index (χ2n) is 5.54. The molecule has 0 unspecified atom stereocenters. The highest BCUT2D eigenvalue weighted by Gasteiger charge is 2.13. The Morgan fingerprint density at radius 1 is 0.920 bits per heavy atom. The lowest BCUT2D eigenvalue weighted by Gasteiger charge is -2.08. The molecule has 2 N–H and O–H groups in total. The third-order valence-corrected chi connectivity index (χ3v) is 5.33. The van der Waals surface area contributed by atoms with Crippen molar-refractivity contribution < 1.29 is 13.2 Å². The third-order valence-electron chi connectivity index (χ3n) is 3.77. The zero-order chi connectivity index (χ0) is 17.9. The van der Waals surface area contributed by atoms with Gasteiger partial charge in [0.15, 0.2) is 0 Å². The number of fused-ring (bicyclic) bond motifs is 1. The quantitative estimate of drug-likeness (QED) is 0.737. The number of anilines is 1. The molecule has 25 heavy (non-hydrogen) atoms. The van der Waals surface area contributed by atoms with Crippen molar-refractivity contribution >= 4 is 32.4 Å². The van der Waals surface area contributed by atoms with Gasteiger partial charge >= 0.3 is 0 Å². The van der Waals surface area contributed by atoms with Crippen LogP contribution in [-0.4, -0.2) is 20.9 Å². The van der Waals surface area contributed by atoms with E-state index in [1.807, 2.05) is 42.5 Å². The maximum Gasteiger partial charge on any atom is 0.255 e. The number of rotatable bonds is 5. The van der Waals surface area contributed by atoms with Crippen molar-refractivity contribution in [3.8, 4) is 0 Å². The average Bonchev–Trinajstić information content (AvgIpc) is 2.61. The molecule has 6 heteroatoms. The Morgan fingerprint density at radius 2 is 1.60 bits per heavy atom. The first-order valence-electron chi connectivity index (χ1n) is 7.89. The highest BCUT2D eigenvalue weighted by Crippen LogP contribution is 2.19. The van der Waals surface area contributed by atoms with E-state index in [4.69, 9.17) is 0 Å². The van der Waals surface area contributed by atoms with Gasteiger partial charge in [0.25, 0.3) is 5.91 Å². The maximum atomic E-state index is 12.4. The first-order valence-corrected chi connectivity index (χ1v) is 9.38. The van der Waals surface area contributed by atoms with Crippen molar-refractivity contribution in [2.45, 2.75) is 11.8 Å². The molecule has 0 spiro atoms. The summed E-state index contributed by atoms with van der Waals surface area (Å²) in [5, 5.41) is 4.96. The van der Waals surface area contributed by atoms with Crippen LogP contribution in [0.25, 0.3) is 10.8 Å². The second-order valence-corrected chi connectivity index (χ2v) is 7.31. The molecule has 3 aromatic rings. The van der Waals surface area contributed by atoms with E-state index in [0.29, 0.717) is 17.8 Å². The van der Waals surface area contributed by atoms with Gasteiger partial charge in [-0.1, -0.05) is 37.3 Å². The summed E-state index contributed by atoms with van der Waals surface area (Å²) in [7, 11) is -3.52. The highest BCUT2D eigenvalue weighted by molar-refractivity contribution is 7.89. The molecular weight excluding hydrogens is 336 g/mol. The number of hydrogen-bond acceptors (Lipinski definition) is 3. The smallest absolute Gasteiger partial charge is 0.255 e. The first-order chi connectivity index (χ1) is 12.0. The summed E-state index contributed by atoms with van der Waals surface area (Å²) >= 11 is 0. The number of amides is 1. The van der Waals surface area contributed by atoms with Crippen molar-refractivity contribution in [2.75, 3.05) is 11.9 Å². The number of hydrogen-bond donors (Lipinski definition) is 2. The molecular formula is C19H18N2O3S. The first kappa shape index (κ1) is 17.1. The summed E-state index contributed by atoms with van der Waals surface area (Å²) in [4.78, 5) is 12.5. The van der Waals surface area contributed by atoms with E-state index in [1.165, 1.54) is 24.3 Å². The van der Waals surface area contributed by atoms with E-state index in [2.05, 4.69) is 10.0 Å². The van der Waals surface area contributed by atoms with E-state index in [9.17, 15) is 13.2 Å². The predicted molar refractivity (Wildman–Crippen MR) is 99.2 cm³/mol. The van der Waals surface area contributed by atoms with Gasteiger partial charge in [-0.15, -0.1) is 0 Å². The Labute approximate surface area is 146 Å². The van der Waals surface area contributed by atoms with Gasteiger partial charge in [0.2, 0.25) is 10.0 Å². The lowest BCUT2D eigenvalue weighted by atomic mass is 10.1. The van der Waals surface area contributed by atoms with Crippen LogP contribution in [0.3, 0.4) is 0 Å². The van der Waals surface area contributed by atoms with Gasteiger partial charge in [-0.3, -0.25) is 4.79 Å². The summed E-state index contributed by atoms with van der Waals surface area (Å²) in [6.45, 7) is 2.02. The van der Waals surface area contributed by atoms with E-state index in [-0.39, 0.29) is 10.8 Å².